The average Bonchev–Trinajstić information content (AvgIpc) is 3.32. The molecule has 5 nitrogen and oxygen atoms in total. The van der Waals surface area contributed by atoms with Gasteiger partial charge >= 0.3 is 5.97 Å². The van der Waals surface area contributed by atoms with Gasteiger partial charge in [0.25, 0.3) is 0 Å². The molecule has 2 aromatic rings. The normalized spacial score (nSPS) is 13.7. The lowest BCUT2D eigenvalue weighted by molar-refractivity contribution is -0.143. The summed E-state index contributed by atoms with van der Waals surface area (Å²) in [6, 6.07) is 6.75. The minimum Gasteiger partial charge on any atom is -0.465 e. The molecule has 1 aromatic carbocycles. The van der Waals surface area contributed by atoms with Crippen molar-refractivity contribution < 1.29 is 18.2 Å². The second kappa shape index (κ2) is 12.7. The summed E-state index contributed by atoms with van der Waals surface area (Å²) in [4.78, 5) is 13.8. The van der Waals surface area contributed by atoms with Crippen molar-refractivity contribution in [3.05, 3.63) is 59.1 Å². The second-order valence-electron chi connectivity index (χ2n) is 9.04. The first kappa shape index (κ1) is 27.6. The summed E-state index contributed by atoms with van der Waals surface area (Å²) >= 11 is 0. The third-order valence-electron chi connectivity index (χ3n) is 5.50. The van der Waals surface area contributed by atoms with Gasteiger partial charge in [-0.25, -0.2) is 13.7 Å². The molecule has 0 fully saturated rings. The van der Waals surface area contributed by atoms with E-state index in [2.05, 4.69) is 70.2 Å². The summed E-state index contributed by atoms with van der Waals surface area (Å²) in [7, 11) is -1.69. The van der Waals surface area contributed by atoms with Crippen molar-refractivity contribution in [3.63, 3.8) is 0 Å². The van der Waals surface area contributed by atoms with E-state index in [4.69, 9.17) is 9.15 Å². The number of ether oxygens (including phenoxy) is 1. The van der Waals surface area contributed by atoms with E-state index in [0.717, 1.165) is 16.0 Å². The van der Waals surface area contributed by atoms with Gasteiger partial charge in [-0.15, -0.1) is 5.92 Å². The maximum Gasteiger partial charge on any atom is 0.328 e. The Morgan fingerprint density at radius 3 is 2.18 bits per heavy atom. The van der Waals surface area contributed by atoms with Gasteiger partial charge in [-0.3, -0.25) is 0 Å². The molecule has 0 aliphatic carbocycles. The van der Waals surface area contributed by atoms with Crippen LogP contribution in [0.4, 0.5) is 0 Å². The number of benzene rings is 1. The van der Waals surface area contributed by atoms with Crippen molar-refractivity contribution in [2.75, 3.05) is 6.61 Å². The quantitative estimate of drug-likeness (QED) is 0.318. The van der Waals surface area contributed by atoms with Crippen LogP contribution in [0.25, 0.3) is 5.57 Å². The Morgan fingerprint density at radius 2 is 1.74 bits per heavy atom. The number of rotatable bonds is 10. The maximum atomic E-state index is 13.9. The third kappa shape index (κ3) is 6.71. The molecule has 6 heteroatoms. The van der Waals surface area contributed by atoms with Crippen LogP contribution in [-0.2, 0) is 20.5 Å². The predicted octanol–water partition coefficient (Wildman–Crippen LogP) is 6.30. The van der Waals surface area contributed by atoms with Gasteiger partial charge in [0.05, 0.1) is 17.8 Å². The van der Waals surface area contributed by atoms with Crippen molar-refractivity contribution >= 4 is 22.5 Å². The standard InChI is InChI=1S/C28H37NO4S/c1-9-11-13-22(25-14-12-15-33-25)26(28(30)32-10-2)29-34(31)27-23(19(5)6)16-21(18(3)4)17-24(27)20(7)8/h12-20,26,29H,10H2,1-8H3/b22-13+/t26-,34?/m0/s1. The molecule has 1 heterocycles. The number of carbonyl (C=O) groups is 1. The van der Waals surface area contributed by atoms with Crippen LogP contribution in [0, 0.1) is 11.8 Å². The number of furan rings is 1. The Kier molecular flexibility index (Phi) is 10.3. The molecule has 1 aromatic heterocycles. The lowest BCUT2D eigenvalue weighted by Gasteiger charge is -2.24. The van der Waals surface area contributed by atoms with E-state index in [1.807, 2.05) is 0 Å². The molecular formula is C28H37NO4S. The predicted molar refractivity (Wildman–Crippen MR) is 139 cm³/mol. The van der Waals surface area contributed by atoms with Crippen LogP contribution < -0.4 is 4.72 Å². The molecule has 0 aliphatic heterocycles. The van der Waals surface area contributed by atoms with E-state index in [1.54, 1.807) is 32.1 Å². The Labute approximate surface area is 206 Å². The minimum atomic E-state index is -1.69. The van der Waals surface area contributed by atoms with E-state index in [9.17, 15) is 9.00 Å². The number of nitrogens with one attached hydrogen (secondary N) is 1. The first-order valence-corrected chi connectivity index (χ1v) is 13.0. The molecule has 0 spiro atoms. The Balaban J connectivity index is 2.65. The zero-order valence-electron chi connectivity index (χ0n) is 21.5. The molecule has 0 bridgehead atoms. The zero-order valence-corrected chi connectivity index (χ0v) is 22.3. The highest BCUT2D eigenvalue weighted by atomic mass is 32.2. The van der Waals surface area contributed by atoms with E-state index in [1.165, 1.54) is 11.8 Å². The molecule has 0 saturated carbocycles. The summed E-state index contributed by atoms with van der Waals surface area (Å²) in [6.45, 7) is 16.3. The molecule has 0 saturated heterocycles. The molecule has 0 radical (unpaired) electrons. The molecule has 1 unspecified atom stereocenters. The number of carbonyl (C=O) groups excluding carboxylic acids is 1. The lowest BCUT2D eigenvalue weighted by Crippen LogP contribution is -2.40. The molecule has 34 heavy (non-hydrogen) atoms. The summed E-state index contributed by atoms with van der Waals surface area (Å²) in [5.41, 5.74) is 3.71. The largest absolute Gasteiger partial charge is 0.465 e. The Morgan fingerprint density at radius 1 is 1.12 bits per heavy atom. The van der Waals surface area contributed by atoms with Crippen LogP contribution in [-0.4, -0.2) is 22.8 Å². The number of hydrogen-bond donors (Lipinski definition) is 1. The van der Waals surface area contributed by atoms with E-state index < -0.39 is 23.0 Å². The topological polar surface area (TPSA) is 68.5 Å². The monoisotopic (exact) mass is 483 g/mol. The highest BCUT2D eigenvalue weighted by Crippen LogP contribution is 2.34. The minimum absolute atomic E-state index is 0.157. The van der Waals surface area contributed by atoms with Crippen LogP contribution in [0.5, 0.6) is 0 Å². The van der Waals surface area contributed by atoms with Crippen molar-refractivity contribution in [1.29, 1.82) is 0 Å². The van der Waals surface area contributed by atoms with Crippen molar-refractivity contribution in [2.45, 2.75) is 84.1 Å². The first-order chi connectivity index (χ1) is 16.1. The summed E-state index contributed by atoms with van der Waals surface area (Å²) < 4.78 is 27.9. The van der Waals surface area contributed by atoms with Crippen molar-refractivity contribution in [2.24, 2.45) is 0 Å². The molecular weight excluding hydrogens is 446 g/mol. The molecule has 0 amide bonds. The van der Waals surface area contributed by atoms with E-state index in [0.29, 0.717) is 17.3 Å². The van der Waals surface area contributed by atoms with Crippen molar-refractivity contribution in [1.82, 2.24) is 4.72 Å². The van der Waals surface area contributed by atoms with Gasteiger partial charge < -0.3 is 9.15 Å². The molecule has 1 N–H and O–H groups in total. The van der Waals surface area contributed by atoms with Gasteiger partial charge in [0, 0.05) is 5.57 Å². The number of esters is 1. The van der Waals surface area contributed by atoms with E-state index in [-0.39, 0.29) is 18.4 Å². The van der Waals surface area contributed by atoms with Gasteiger partial charge in [-0.05, 0) is 66.5 Å². The van der Waals surface area contributed by atoms with Gasteiger partial charge in [0.15, 0.2) is 0 Å². The molecule has 2 rings (SSSR count). The van der Waals surface area contributed by atoms with Gasteiger partial charge in [-0.2, -0.15) is 0 Å². The fourth-order valence-electron chi connectivity index (χ4n) is 3.62. The SMILES string of the molecule is CC#C/C=C(\c1ccco1)[C@H](NS(=O)c1c(C(C)C)cc(C(C)C)cc1C(C)C)C(=O)OCC. The van der Waals surface area contributed by atoms with Crippen LogP contribution >= 0.6 is 0 Å². The van der Waals surface area contributed by atoms with Gasteiger partial charge in [0.2, 0.25) is 0 Å². The van der Waals surface area contributed by atoms with Gasteiger partial charge in [-0.1, -0.05) is 59.6 Å². The average molecular weight is 484 g/mol. The third-order valence-corrected chi connectivity index (χ3v) is 6.79. The Bertz CT molecular complexity index is 1060. The van der Waals surface area contributed by atoms with Crippen LogP contribution in [0.3, 0.4) is 0 Å². The van der Waals surface area contributed by atoms with Crippen LogP contribution in [0.15, 0.2) is 45.9 Å². The summed E-state index contributed by atoms with van der Waals surface area (Å²) in [5, 5.41) is 0. The smallest absolute Gasteiger partial charge is 0.328 e. The maximum absolute atomic E-state index is 13.9. The second-order valence-corrected chi connectivity index (χ2v) is 10.2. The molecule has 2 atom stereocenters. The number of allylic oxidation sites excluding steroid dienone is 1. The first-order valence-electron chi connectivity index (χ1n) is 11.8. The van der Waals surface area contributed by atoms with Crippen LogP contribution in [0.1, 0.15) is 95.6 Å². The Hall–Kier alpha value is -2.62. The highest BCUT2D eigenvalue weighted by molar-refractivity contribution is 7.83. The zero-order chi connectivity index (χ0) is 25.4. The van der Waals surface area contributed by atoms with Crippen LogP contribution in [0.2, 0.25) is 0 Å². The fourth-order valence-corrected chi connectivity index (χ4v) is 5.20. The molecule has 0 aliphatic rings. The lowest BCUT2D eigenvalue weighted by atomic mass is 9.89. The summed E-state index contributed by atoms with van der Waals surface area (Å²) in [5.74, 6) is 6.29. The fraction of sp³-hybridized carbons (Fsp3) is 0.464. The number of hydrogen-bond acceptors (Lipinski definition) is 4. The van der Waals surface area contributed by atoms with Gasteiger partial charge in [0.1, 0.15) is 22.8 Å². The summed E-state index contributed by atoms with van der Waals surface area (Å²) in [6.07, 6.45) is 3.14. The highest BCUT2D eigenvalue weighted by Gasteiger charge is 2.31. The van der Waals surface area contributed by atoms with Crippen molar-refractivity contribution in [3.8, 4) is 11.8 Å². The molecule has 184 valence electrons. The van der Waals surface area contributed by atoms with E-state index >= 15 is 0 Å².